The Labute approximate surface area is 89.6 Å². The van der Waals surface area contributed by atoms with Crippen molar-refractivity contribution in [3.8, 4) is 0 Å². The molecule has 0 aliphatic carbocycles. The standard InChI is InChI=1S/C13H15NO/c1-10-6-7-11(8-9-15-14)13-5-3-2-4-12(10)13/h2-7H,8-9,14H2,1H3. The third-order valence-corrected chi connectivity index (χ3v) is 2.72. The Bertz CT molecular complexity index is 465. The Hall–Kier alpha value is -1.38. The smallest absolute Gasteiger partial charge is 0.0719 e. The van der Waals surface area contributed by atoms with Crippen LogP contribution >= 0.6 is 0 Å². The first-order chi connectivity index (χ1) is 7.33. The maximum Gasteiger partial charge on any atom is 0.0719 e. The average Bonchev–Trinajstić information content (AvgIpc) is 2.29. The molecule has 0 fully saturated rings. The van der Waals surface area contributed by atoms with Crippen LogP contribution in [0.5, 0.6) is 0 Å². The van der Waals surface area contributed by atoms with Crippen LogP contribution in [-0.2, 0) is 11.3 Å². The summed E-state index contributed by atoms with van der Waals surface area (Å²) < 4.78 is 0. The summed E-state index contributed by atoms with van der Waals surface area (Å²) in [5, 5.41) is 2.61. The van der Waals surface area contributed by atoms with Crippen LogP contribution in [0.1, 0.15) is 11.1 Å². The molecule has 0 saturated carbocycles. The molecule has 78 valence electrons. The zero-order valence-corrected chi connectivity index (χ0v) is 8.86. The largest absolute Gasteiger partial charge is 0.304 e. The van der Waals surface area contributed by atoms with Crippen molar-refractivity contribution in [3.05, 3.63) is 47.5 Å². The van der Waals surface area contributed by atoms with E-state index in [0.29, 0.717) is 6.61 Å². The predicted octanol–water partition coefficient (Wildman–Crippen LogP) is 2.58. The Morgan fingerprint density at radius 2 is 1.80 bits per heavy atom. The van der Waals surface area contributed by atoms with Crippen molar-refractivity contribution in [1.82, 2.24) is 0 Å². The molecule has 0 aliphatic rings. The normalized spacial score (nSPS) is 10.8. The van der Waals surface area contributed by atoms with E-state index in [0.717, 1.165) is 6.42 Å². The zero-order chi connectivity index (χ0) is 10.7. The number of hydrogen-bond donors (Lipinski definition) is 1. The summed E-state index contributed by atoms with van der Waals surface area (Å²) in [6, 6.07) is 12.7. The molecule has 2 N–H and O–H groups in total. The summed E-state index contributed by atoms with van der Waals surface area (Å²) in [6.07, 6.45) is 0.858. The summed E-state index contributed by atoms with van der Waals surface area (Å²) in [7, 11) is 0. The van der Waals surface area contributed by atoms with Gasteiger partial charge in [-0.2, -0.15) is 0 Å². The van der Waals surface area contributed by atoms with Gasteiger partial charge in [-0.05, 0) is 35.2 Å². The second-order valence-corrected chi connectivity index (χ2v) is 3.71. The molecule has 0 amide bonds. The molecule has 2 aromatic carbocycles. The molecule has 0 radical (unpaired) electrons. The van der Waals surface area contributed by atoms with E-state index >= 15 is 0 Å². The Balaban J connectivity index is 2.51. The lowest BCUT2D eigenvalue weighted by Crippen LogP contribution is -2.04. The first kappa shape index (κ1) is 10.1. The van der Waals surface area contributed by atoms with E-state index in [4.69, 9.17) is 5.90 Å². The molecular weight excluding hydrogens is 186 g/mol. The average molecular weight is 201 g/mol. The van der Waals surface area contributed by atoms with Crippen molar-refractivity contribution in [2.45, 2.75) is 13.3 Å². The van der Waals surface area contributed by atoms with E-state index in [1.807, 2.05) is 0 Å². The minimum absolute atomic E-state index is 0.563. The summed E-state index contributed by atoms with van der Waals surface area (Å²) >= 11 is 0. The van der Waals surface area contributed by atoms with Gasteiger partial charge in [0.15, 0.2) is 0 Å². The Morgan fingerprint density at radius 1 is 1.07 bits per heavy atom. The maximum atomic E-state index is 5.05. The van der Waals surface area contributed by atoms with Crippen molar-refractivity contribution in [2.75, 3.05) is 6.61 Å². The number of aryl methyl sites for hydroxylation is 1. The Kier molecular flexibility index (Phi) is 2.99. The van der Waals surface area contributed by atoms with Crippen LogP contribution in [0.25, 0.3) is 10.8 Å². The van der Waals surface area contributed by atoms with Crippen molar-refractivity contribution in [3.63, 3.8) is 0 Å². The van der Waals surface area contributed by atoms with Gasteiger partial charge in [0.25, 0.3) is 0 Å². The lowest BCUT2D eigenvalue weighted by atomic mass is 9.99. The molecule has 2 rings (SSSR count). The molecule has 0 saturated heterocycles. The molecule has 0 heterocycles. The molecule has 0 unspecified atom stereocenters. The second-order valence-electron chi connectivity index (χ2n) is 3.71. The number of benzene rings is 2. The SMILES string of the molecule is Cc1ccc(CCON)c2ccccc12. The highest BCUT2D eigenvalue weighted by Crippen LogP contribution is 2.22. The third-order valence-electron chi connectivity index (χ3n) is 2.72. The van der Waals surface area contributed by atoms with Crippen LogP contribution in [0.15, 0.2) is 36.4 Å². The molecule has 2 nitrogen and oxygen atoms in total. The molecule has 0 aliphatic heterocycles. The molecule has 2 heteroatoms. The number of rotatable bonds is 3. The molecule has 15 heavy (non-hydrogen) atoms. The van der Waals surface area contributed by atoms with Gasteiger partial charge in [0.1, 0.15) is 0 Å². The van der Waals surface area contributed by atoms with E-state index in [9.17, 15) is 0 Å². The van der Waals surface area contributed by atoms with E-state index in [1.165, 1.54) is 21.9 Å². The summed E-state index contributed by atoms with van der Waals surface area (Å²) in [4.78, 5) is 4.62. The molecule has 2 aromatic rings. The van der Waals surface area contributed by atoms with Crippen molar-refractivity contribution in [2.24, 2.45) is 5.90 Å². The predicted molar refractivity (Wildman–Crippen MR) is 62.5 cm³/mol. The highest BCUT2D eigenvalue weighted by atomic mass is 16.6. The minimum atomic E-state index is 0.563. The van der Waals surface area contributed by atoms with E-state index in [-0.39, 0.29) is 0 Å². The second kappa shape index (κ2) is 4.43. The molecule has 0 atom stereocenters. The molecule has 0 aromatic heterocycles. The van der Waals surface area contributed by atoms with Gasteiger partial charge in [-0.25, -0.2) is 5.90 Å². The van der Waals surface area contributed by atoms with E-state index in [2.05, 4.69) is 48.2 Å². The van der Waals surface area contributed by atoms with Gasteiger partial charge in [0.2, 0.25) is 0 Å². The van der Waals surface area contributed by atoms with Crippen molar-refractivity contribution < 1.29 is 4.84 Å². The third kappa shape index (κ3) is 2.01. The van der Waals surface area contributed by atoms with Crippen LogP contribution in [0, 0.1) is 6.92 Å². The lowest BCUT2D eigenvalue weighted by Gasteiger charge is -2.08. The minimum Gasteiger partial charge on any atom is -0.304 e. The topological polar surface area (TPSA) is 35.2 Å². The summed E-state index contributed by atoms with van der Waals surface area (Å²) in [5.74, 6) is 5.05. The van der Waals surface area contributed by atoms with Crippen LogP contribution in [0.4, 0.5) is 0 Å². The number of hydrogen-bond acceptors (Lipinski definition) is 2. The van der Waals surface area contributed by atoms with Crippen LogP contribution < -0.4 is 5.90 Å². The van der Waals surface area contributed by atoms with Gasteiger partial charge in [-0.1, -0.05) is 36.4 Å². The van der Waals surface area contributed by atoms with Crippen LogP contribution in [0.2, 0.25) is 0 Å². The van der Waals surface area contributed by atoms with Gasteiger partial charge in [-0.3, -0.25) is 0 Å². The quantitative estimate of drug-likeness (QED) is 0.775. The van der Waals surface area contributed by atoms with E-state index in [1.54, 1.807) is 0 Å². The highest BCUT2D eigenvalue weighted by molar-refractivity contribution is 5.88. The van der Waals surface area contributed by atoms with Gasteiger partial charge in [-0.15, -0.1) is 0 Å². The molecule has 0 bridgehead atoms. The van der Waals surface area contributed by atoms with Crippen molar-refractivity contribution in [1.29, 1.82) is 0 Å². The lowest BCUT2D eigenvalue weighted by molar-refractivity contribution is 0.141. The zero-order valence-electron chi connectivity index (χ0n) is 8.86. The van der Waals surface area contributed by atoms with Crippen molar-refractivity contribution >= 4 is 10.8 Å². The number of fused-ring (bicyclic) bond motifs is 1. The van der Waals surface area contributed by atoms with Crippen LogP contribution in [0.3, 0.4) is 0 Å². The van der Waals surface area contributed by atoms with Gasteiger partial charge in [0, 0.05) is 0 Å². The Morgan fingerprint density at radius 3 is 2.53 bits per heavy atom. The van der Waals surface area contributed by atoms with Gasteiger partial charge < -0.3 is 4.84 Å². The fourth-order valence-electron chi connectivity index (χ4n) is 1.90. The monoisotopic (exact) mass is 201 g/mol. The van der Waals surface area contributed by atoms with Gasteiger partial charge >= 0.3 is 0 Å². The number of nitrogens with two attached hydrogens (primary N) is 1. The van der Waals surface area contributed by atoms with Crippen LogP contribution in [-0.4, -0.2) is 6.61 Å². The molecule has 0 spiro atoms. The summed E-state index contributed by atoms with van der Waals surface area (Å²) in [6.45, 7) is 2.69. The fourth-order valence-corrected chi connectivity index (χ4v) is 1.90. The highest BCUT2D eigenvalue weighted by Gasteiger charge is 2.02. The van der Waals surface area contributed by atoms with Gasteiger partial charge in [0.05, 0.1) is 6.61 Å². The maximum absolute atomic E-state index is 5.05. The fraction of sp³-hybridized carbons (Fsp3) is 0.231. The first-order valence-electron chi connectivity index (χ1n) is 5.12. The van der Waals surface area contributed by atoms with E-state index < -0.39 is 0 Å². The summed E-state index contributed by atoms with van der Waals surface area (Å²) in [5.41, 5.74) is 2.60. The molecular formula is C13H15NO. The first-order valence-corrected chi connectivity index (χ1v) is 5.12.